The minimum atomic E-state index is 0.757. The molecule has 0 aliphatic carbocycles. The highest BCUT2D eigenvalue weighted by Crippen LogP contribution is 1.83. The molecule has 0 bridgehead atoms. The van der Waals surface area contributed by atoms with E-state index in [1.165, 1.54) is 0 Å². The van der Waals surface area contributed by atoms with E-state index < -0.39 is 0 Å². The van der Waals surface area contributed by atoms with Gasteiger partial charge in [0, 0.05) is 7.05 Å². The van der Waals surface area contributed by atoms with Gasteiger partial charge in [0.05, 0.1) is 0 Å². The lowest BCUT2D eigenvalue weighted by molar-refractivity contribution is 1.17. The van der Waals surface area contributed by atoms with Gasteiger partial charge >= 0.3 is 0 Å². The maximum Gasteiger partial charge on any atom is 0.169 e. The van der Waals surface area contributed by atoms with E-state index in [4.69, 9.17) is 0 Å². The predicted molar refractivity (Wildman–Crippen MR) is 56.2 cm³/mol. The summed E-state index contributed by atoms with van der Waals surface area (Å²) < 4.78 is 0.757. The first kappa shape index (κ1) is 13.3. The van der Waals surface area contributed by atoms with Crippen molar-refractivity contribution in [2.45, 2.75) is 27.2 Å². The first-order chi connectivity index (χ1) is 5.31. The van der Waals surface area contributed by atoms with Crippen LogP contribution in [-0.2, 0) is 0 Å². The van der Waals surface area contributed by atoms with Crippen molar-refractivity contribution < 1.29 is 0 Å². The van der Waals surface area contributed by atoms with Crippen molar-refractivity contribution >= 4 is 20.7 Å². The minimum Gasteiger partial charge on any atom is -0.341 e. The lowest BCUT2D eigenvalue weighted by Crippen LogP contribution is -2.08. The second-order valence-corrected chi connectivity index (χ2v) is 2.22. The molecule has 0 fully saturated rings. The van der Waals surface area contributed by atoms with E-state index in [0.29, 0.717) is 0 Å². The van der Waals surface area contributed by atoms with Crippen molar-refractivity contribution in [2.75, 3.05) is 7.05 Å². The molecule has 0 rings (SSSR count). The predicted octanol–water partition coefficient (Wildman–Crippen LogP) is 2.91. The molecular weight excluding hydrogens is 204 g/mol. The van der Waals surface area contributed by atoms with Crippen LogP contribution in [0.4, 0.5) is 0 Å². The fourth-order valence-corrected chi connectivity index (χ4v) is 0.442. The van der Waals surface area contributed by atoms with Crippen molar-refractivity contribution in [1.29, 1.82) is 0 Å². The van der Waals surface area contributed by atoms with Gasteiger partial charge in [0.25, 0.3) is 0 Å². The summed E-state index contributed by atoms with van der Waals surface area (Å²) in [5, 5.41) is 2.92. The summed E-state index contributed by atoms with van der Waals surface area (Å²) in [5.41, 5.74) is 0. The maximum absolute atomic E-state index is 3.83. The van der Waals surface area contributed by atoms with Gasteiger partial charge in [-0.05, 0) is 28.6 Å². The van der Waals surface area contributed by atoms with Crippen molar-refractivity contribution in [1.82, 2.24) is 5.32 Å². The van der Waals surface area contributed by atoms with Gasteiger partial charge in [0.1, 0.15) is 0 Å². The van der Waals surface area contributed by atoms with Crippen molar-refractivity contribution in [3.05, 3.63) is 12.3 Å². The molecule has 2 nitrogen and oxygen atoms in total. The summed E-state index contributed by atoms with van der Waals surface area (Å²) in [6.07, 6.45) is 4.92. The van der Waals surface area contributed by atoms with Crippen LogP contribution < -0.4 is 5.32 Å². The monoisotopic (exact) mass is 220 g/mol. The first-order valence-electron chi connectivity index (χ1n) is 3.85. The fraction of sp³-hybridized carbons (Fsp3) is 0.625. The largest absolute Gasteiger partial charge is 0.341 e. The normalized spacial score (nSPS) is 10.8. The van der Waals surface area contributed by atoms with Crippen LogP contribution in [0.25, 0.3) is 0 Å². The number of hydrogen-bond donors (Lipinski definition) is 1. The third-order valence-corrected chi connectivity index (χ3v) is 1.34. The van der Waals surface area contributed by atoms with E-state index in [2.05, 4.69) is 33.2 Å². The molecule has 0 atom stereocenters. The molecule has 0 aromatic heterocycles. The molecule has 1 N–H and O–H groups in total. The van der Waals surface area contributed by atoms with Gasteiger partial charge in [-0.25, -0.2) is 0 Å². The van der Waals surface area contributed by atoms with Crippen LogP contribution in [0.5, 0.6) is 0 Å². The molecular formula is C8H17BrN2. The van der Waals surface area contributed by atoms with Crippen LogP contribution in [-0.4, -0.2) is 11.8 Å². The average molecular weight is 221 g/mol. The van der Waals surface area contributed by atoms with Gasteiger partial charge < -0.3 is 5.32 Å². The maximum atomic E-state index is 3.83. The number of amidine groups is 1. The summed E-state index contributed by atoms with van der Waals surface area (Å²) >= 11 is 3.19. The molecule has 0 aliphatic heterocycles. The molecule has 3 heteroatoms. The molecule has 0 radical (unpaired) electrons. The Morgan fingerprint density at radius 3 is 2.45 bits per heavy atom. The number of nitrogens with zero attached hydrogens (tertiary/aromatic N) is 1. The average Bonchev–Trinajstić information content (AvgIpc) is 2.08. The Balaban J connectivity index is 0. The molecule has 0 saturated heterocycles. The van der Waals surface area contributed by atoms with E-state index >= 15 is 0 Å². The van der Waals surface area contributed by atoms with Crippen LogP contribution >= 0.6 is 15.9 Å². The van der Waals surface area contributed by atoms with Crippen LogP contribution in [0.15, 0.2) is 17.3 Å². The molecule has 0 unspecified atom stereocenters. The lowest BCUT2D eigenvalue weighted by Gasteiger charge is -1.92. The molecule has 66 valence electrons. The molecule has 0 aromatic carbocycles. The van der Waals surface area contributed by atoms with Crippen LogP contribution in [0.2, 0.25) is 0 Å². The third kappa shape index (κ3) is 12.8. The van der Waals surface area contributed by atoms with Crippen molar-refractivity contribution in [2.24, 2.45) is 4.99 Å². The van der Waals surface area contributed by atoms with E-state index in [1.54, 1.807) is 7.05 Å². The summed E-state index contributed by atoms with van der Waals surface area (Å²) in [6, 6.07) is 0. The molecule has 0 heterocycles. The van der Waals surface area contributed by atoms with Gasteiger partial charge in [-0.3, -0.25) is 4.99 Å². The Morgan fingerprint density at radius 2 is 2.09 bits per heavy atom. The SMILES string of the molecule is CC.CCC=CNC(Br)=NC. The Morgan fingerprint density at radius 1 is 1.55 bits per heavy atom. The number of rotatable bonds is 2. The molecule has 11 heavy (non-hydrogen) atoms. The van der Waals surface area contributed by atoms with Gasteiger partial charge in [-0.2, -0.15) is 0 Å². The Kier molecular flexibility index (Phi) is 15.0. The van der Waals surface area contributed by atoms with Crippen molar-refractivity contribution in [3.63, 3.8) is 0 Å². The van der Waals surface area contributed by atoms with Gasteiger partial charge in [-0.1, -0.05) is 26.8 Å². The summed E-state index contributed by atoms with van der Waals surface area (Å²) in [5.74, 6) is 0. The van der Waals surface area contributed by atoms with Gasteiger partial charge in [-0.15, -0.1) is 0 Å². The Labute approximate surface area is 77.9 Å². The molecule has 0 saturated carbocycles. The second-order valence-electron chi connectivity index (χ2n) is 1.47. The van der Waals surface area contributed by atoms with E-state index in [0.717, 1.165) is 11.2 Å². The fourth-order valence-electron chi connectivity index (χ4n) is 0.310. The minimum absolute atomic E-state index is 0.757. The van der Waals surface area contributed by atoms with E-state index in [9.17, 15) is 0 Å². The number of hydrogen-bond acceptors (Lipinski definition) is 1. The molecule has 0 aromatic rings. The third-order valence-electron chi connectivity index (χ3n) is 0.752. The quantitative estimate of drug-likeness (QED) is 0.432. The number of allylic oxidation sites excluding steroid dienone is 1. The topological polar surface area (TPSA) is 24.4 Å². The van der Waals surface area contributed by atoms with Crippen molar-refractivity contribution in [3.8, 4) is 0 Å². The van der Waals surface area contributed by atoms with E-state index in [1.807, 2.05) is 26.1 Å². The zero-order valence-electron chi connectivity index (χ0n) is 7.69. The lowest BCUT2D eigenvalue weighted by atomic mass is 10.5. The Bertz CT molecular complexity index is 119. The second kappa shape index (κ2) is 12.4. The summed E-state index contributed by atoms with van der Waals surface area (Å²) in [7, 11) is 1.72. The highest BCUT2D eigenvalue weighted by Gasteiger charge is 1.79. The highest BCUT2D eigenvalue weighted by molar-refractivity contribution is 9.18. The Hall–Kier alpha value is -0.310. The number of nitrogens with one attached hydrogen (secondary N) is 1. The first-order valence-corrected chi connectivity index (χ1v) is 4.64. The molecule has 0 spiro atoms. The van der Waals surface area contributed by atoms with Crippen LogP contribution in [0, 0.1) is 0 Å². The van der Waals surface area contributed by atoms with Gasteiger partial charge in [0.2, 0.25) is 0 Å². The number of halogens is 1. The summed E-state index contributed by atoms with van der Waals surface area (Å²) in [6.45, 7) is 6.08. The smallest absolute Gasteiger partial charge is 0.169 e. The van der Waals surface area contributed by atoms with Crippen LogP contribution in [0.1, 0.15) is 27.2 Å². The van der Waals surface area contributed by atoms with Gasteiger partial charge in [0.15, 0.2) is 4.74 Å². The van der Waals surface area contributed by atoms with E-state index in [-0.39, 0.29) is 0 Å². The standard InChI is InChI=1S/C6H11BrN2.C2H6/c1-3-4-5-9-6(7)8-2;1-2/h4-5H,3H2,1-2H3,(H,8,9);1-2H3. The molecule has 0 amide bonds. The molecule has 0 aliphatic rings. The summed E-state index contributed by atoms with van der Waals surface area (Å²) in [4.78, 5) is 3.83. The van der Waals surface area contributed by atoms with Crippen LogP contribution in [0.3, 0.4) is 0 Å². The zero-order chi connectivity index (χ0) is 9.11. The zero-order valence-corrected chi connectivity index (χ0v) is 9.27. The number of aliphatic imine (C=N–C) groups is 1. The highest BCUT2D eigenvalue weighted by atomic mass is 79.9.